The van der Waals surface area contributed by atoms with E-state index in [0.717, 1.165) is 32.4 Å². The number of hydrogen-bond donors (Lipinski definition) is 1. The van der Waals surface area contributed by atoms with Crippen molar-refractivity contribution in [3.05, 3.63) is 0 Å². The first kappa shape index (κ1) is 12.9. The highest BCUT2D eigenvalue weighted by molar-refractivity contribution is 7.80. The number of thiol groups is 1. The lowest BCUT2D eigenvalue weighted by Gasteiger charge is -2.15. The summed E-state index contributed by atoms with van der Waals surface area (Å²) in [5.74, 6) is 0.353. The molecule has 0 saturated carbocycles. The minimum Gasteiger partial charge on any atom is -0.343 e. The van der Waals surface area contributed by atoms with E-state index in [-0.39, 0.29) is 0 Å². The molecule has 1 heterocycles. The summed E-state index contributed by atoms with van der Waals surface area (Å²) in [6.07, 6.45) is 7.81. The van der Waals surface area contributed by atoms with Gasteiger partial charge in [-0.25, -0.2) is 0 Å². The minimum absolute atomic E-state index is 0.353. The normalized spacial score (nSPS) is 18.5. The maximum Gasteiger partial charge on any atom is 0.222 e. The van der Waals surface area contributed by atoms with Gasteiger partial charge < -0.3 is 4.90 Å². The highest BCUT2D eigenvalue weighted by Crippen LogP contribution is 2.15. The van der Waals surface area contributed by atoms with Crippen LogP contribution in [0.15, 0.2) is 0 Å². The second-order valence-electron chi connectivity index (χ2n) is 4.42. The van der Waals surface area contributed by atoms with Crippen LogP contribution in [-0.4, -0.2) is 29.1 Å². The molecule has 1 aliphatic heterocycles. The molecule has 0 radical (unpaired) electrons. The molecule has 1 aliphatic rings. The van der Waals surface area contributed by atoms with Gasteiger partial charge in [-0.3, -0.25) is 4.79 Å². The van der Waals surface area contributed by atoms with Crippen LogP contribution in [0.5, 0.6) is 0 Å². The van der Waals surface area contributed by atoms with Gasteiger partial charge in [0.25, 0.3) is 0 Å². The predicted molar refractivity (Wildman–Crippen MR) is 67.3 cm³/mol. The molecule has 0 aromatic rings. The van der Waals surface area contributed by atoms with Crippen molar-refractivity contribution < 1.29 is 4.79 Å². The van der Waals surface area contributed by atoms with Crippen molar-refractivity contribution >= 4 is 18.5 Å². The molecule has 0 aromatic heterocycles. The molecule has 1 amide bonds. The summed E-state index contributed by atoms with van der Waals surface area (Å²) >= 11 is 4.53. The fraction of sp³-hybridized carbons (Fsp3) is 0.917. The molecule has 0 bridgehead atoms. The van der Waals surface area contributed by atoms with Gasteiger partial charge in [0.05, 0.1) is 0 Å². The molecule has 0 N–H and O–H groups in total. The van der Waals surface area contributed by atoms with Crippen LogP contribution in [0.3, 0.4) is 0 Å². The van der Waals surface area contributed by atoms with Gasteiger partial charge in [-0.15, -0.1) is 0 Å². The Bertz CT molecular complexity index is 196. The first-order chi connectivity index (χ1) is 7.24. The van der Waals surface area contributed by atoms with Crippen molar-refractivity contribution in [2.45, 2.75) is 57.1 Å². The van der Waals surface area contributed by atoms with Crippen LogP contribution in [0.1, 0.15) is 51.9 Å². The molecule has 88 valence electrons. The highest BCUT2D eigenvalue weighted by atomic mass is 32.1. The van der Waals surface area contributed by atoms with E-state index in [4.69, 9.17) is 0 Å². The summed E-state index contributed by atoms with van der Waals surface area (Å²) in [5, 5.41) is 0.560. The van der Waals surface area contributed by atoms with Crippen molar-refractivity contribution in [1.29, 1.82) is 0 Å². The van der Waals surface area contributed by atoms with Gasteiger partial charge in [-0.05, 0) is 25.7 Å². The smallest absolute Gasteiger partial charge is 0.222 e. The Balaban J connectivity index is 1.99. The fourth-order valence-electron chi connectivity index (χ4n) is 2.10. The highest BCUT2D eigenvalue weighted by Gasteiger charge is 2.18. The number of hydrogen-bond acceptors (Lipinski definition) is 2. The standard InChI is InChI=1S/C12H23NOS/c1-2-6-11(15)7-3-4-9-13-10-5-8-12(13)14/h11,15H,2-10H2,1H3. The molecular weight excluding hydrogens is 206 g/mol. The molecule has 0 aromatic carbocycles. The van der Waals surface area contributed by atoms with Crippen molar-refractivity contribution in [3.8, 4) is 0 Å². The third-order valence-electron chi connectivity index (χ3n) is 3.01. The van der Waals surface area contributed by atoms with Crippen LogP contribution < -0.4 is 0 Å². The summed E-state index contributed by atoms with van der Waals surface area (Å²) in [4.78, 5) is 13.3. The Hall–Kier alpha value is -0.180. The Morgan fingerprint density at radius 1 is 1.40 bits per heavy atom. The van der Waals surface area contributed by atoms with Crippen LogP contribution in [0, 0.1) is 0 Å². The molecule has 1 unspecified atom stereocenters. The Labute approximate surface area is 98.8 Å². The van der Waals surface area contributed by atoms with E-state index in [1.54, 1.807) is 0 Å². The van der Waals surface area contributed by atoms with Gasteiger partial charge in [-0.2, -0.15) is 12.6 Å². The van der Waals surface area contributed by atoms with Gasteiger partial charge in [0.1, 0.15) is 0 Å². The maximum atomic E-state index is 11.3. The van der Waals surface area contributed by atoms with E-state index >= 15 is 0 Å². The van der Waals surface area contributed by atoms with Crippen LogP contribution in [0.25, 0.3) is 0 Å². The molecular formula is C12H23NOS. The molecule has 15 heavy (non-hydrogen) atoms. The first-order valence-electron chi connectivity index (χ1n) is 6.20. The number of likely N-dealkylation sites (tertiary alicyclic amines) is 1. The molecule has 1 saturated heterocycles. The Kier molecular flexibility index (Phi) is 6.15. The zero-order chi connectivity index (χ0) is 11.1. The topological polar surface area (TPSA) is 20.3 Å². The number of unbranched alkanes of at least 4 members (excludes halogenated alkanes) is 1. The second-order valence-corrected chi connectivity index (χ2v) is 5.15. The van der Waals surface area contributed by atoms with Crippen molar-refractivity contribution in [2.75, 3.05) is 13.1 Å². The fourth-order valence-corrected chi connectivity index (χ4v) is 2.54. The van der Waals surface area contributed by atoms with Gasteiger partial charge in [-0.1, -0.05) is 19.8 Å². The van der Waals surface area contributed by atoms with Gasteiger partial charge in [0.15, 0.2) is 0 Å². The van der Waals surface area contributed by atoms with Gasteiger partial charge >= 0.3 is 0 Å². The number of nitrogens with zero attached hydrogens (tertiary/aromatic N) is 1. The maximum absolute atomic E-state index is 11.3. The number of carbonyl (C=O) groups is 1. The zero-order valence-electron chi connectivity index (χ0n) is 9.74. The molecule has 1 atom stereocenters. The second kappa shape index (κ2) is 7.15. The average molecular weight is 229 g/mol. The Morgan fingerprint density at radius 3 is 2.80 bits per heavy atom. The average Bonchev–Trinajstić information content (AvgIpc) is 2.60. The SMILES string of the molecule is CCCC(S)CCCCN1CCCC1=O. The lowest BCUT2D eigenvalue weighted by atomic mass is 10.1. The summed E-state index contributed by atoms with van der Waals surface area (Å²) in [7, 11) is 0. The van der Waals surface area contributed by atoms with Gasteiger partial charge in [0.2, 0.25) is 5.91 Å². The summed E-state index contributed by atoms with van der Waals surface area (Å²) in [6, 6.07) is 0. The lowest BCUT2D eigenvalue weighted by molar-refractivity contribution is -0.127. The van der Waals surface area contributed by atoms with Crippen molar-refractivity contribution in [3.63, 3.8) is 0 Å². The van der Waals surface area contributed by atoms with Crippen molar-refractivity contribution in [2.24, 2.45) is 0 Å². The molecule has 1 rings (SSSR count). The molecule has 3 heteroatoms. The molecule has 0 aliphatic carbocycles. The first-order valence-corrected chi connectivity index (χ1v) is 6.71. The van der Waals surface area contributed by atoms with Gasteiger partial charge in [0, 0.05) is 24.8 Å². The third-order valence-corrected chi connectivity index (χ3v) is 3.53. The minimum atomic E-state index is 0.353. The number of carbonyl (C=O) groups excluding carboxylic acids is 1. The van der Waals surface area contributed by atoms with Crippen LogP contribution in [0.2, 0.25) is 0 Å². The van der Waals surface area contributed by atoms with E-state index in [1.807, 2.05) is 4.90 Å². The summed E-state index contributed by atoms with van der Waals surface area (Å²) < 4.78 is 0. The summed E-state index contributed by atoms with van der Waals surface area (Å²) in [5.41, 5.74) is 0. The quantitative estimate of drug-likeness (QED) is 0.526. The van der Waals surface area contributed by atoms with E-state index < -0.39 is 0 Å². The van der Waals surface area contributed by atoms with E-state index in [0.29, 0.717) is 11.2 Å². The molecule has 1 fully saturated rings. The number of amides is 1. The number of rotatable bonds is 7. The Morgan fingerprint density at radius 2 is 2.20 bits per heavy atom. The lowest BCUT2D eigenvalue weighted by Crippen LogP contribution is -2.25. The van der Waals surface area contributed by atoms with Crippen molar-refractivity contribution in [1.82, 2.24) is 4.90 Å². The van der Waals surface area contributed by atoms with Crippen LogP contribution >= 0.6 is 12.6 Å². The van der Waals surface area contributed by atoms with Crippen LogP contribution in [0.4, 0.5) is 0 Å². The third kappa shape index (κ3) is 4.92. The molecule has 0 spiro atoms. The monoisotopic (exact) mass is 229 g/mol. The van der Waals surface area contributed by atoms with E-state index in [9.17, 15) is 4.79 Å². The summed E-state index contributed by atoms with van der Waals surface area (Å²) in [6.45, 7) is 4.15. The van der Waals surface area contributed by atoms with Crippen LogP contribution in [-0.2, 0) is 4.79 Å². The van der Waals surface area contributed by atoms with E-state index in [2.05, 4.69) is 19.6 Å². The predicted octanol–water partition coefficient (Wildman–Crippen LogP) is 2.88. The zero-order valence-corrected chi connectivity index (χ0v) is 10.6. The molecule has 2 nitrogen and oxygen atoms in total. The van der Waals surface area contributed by atoms with E-state index in [1.165, 1.54) is 25.7 Å². The largest absolute Gasteiger partial charge is 0.343 e.